The highest BCUT2D eigenvalue weighted by Gasteiger charge is 2.08. The molecule has 2 nitrogen and oxygen atoms in total. The van der Waals surface area contributed by atoms with Gasteiger partial charge in [0.2, 0.25) is 0 Å². The van der Waals surface area contributed by atoms with Crippen LogP contribution in [0.3, 0.4) is 0 Å². The lowest BCUT2D eigenvalue weighted by atomic mass is 10.1. The molecule has 1 aromatic heterocycles. The largest absolute Gasteiger partial charge is 0.246 e. The number of nitrogens with zero attached hydrogens (tertiary/aromatic N) is 2. The van der Waals surface area contributed by atoms with E-state index in [1.54, 1.807) is 0 Å². The van der Waals surface area contributed by atoms with Crippen LogP contribution in [0.15, 0.2) is 23.6 Å². The van der Waals surface area contributed by atoms with Crippen LogP contribution in [0.5, 0.6) is 0 Å². The highest BCUT2D eigenvalue weighted by molar-refractivity contribution is 7.09. The van der Waals surface area contributed by atoms with Gasteiger partial charge in [0.15, 0.2) is 0 Å². The first-order valence-electron chi connectivity index (χ1n) is 5.43. The van der Waals surface area contributed by atoms with Crippen molar-refractivity contribution in [1.29, 1.82) is 5.26 Å². The van der Waals surface area contributed by atoms with Crippen LogP contribution in [0, 0.1) is 23.0 Å². The van der Waals surface area contributed by atoms with Crippen LogP contribution < -0.4 is 0 Å². The molecule has 0 spiro atoms. The van der Waals surface area contributed by atoms with E-state index in [1.807, 2.05) is 5.38 Å². The molecule has 0 fully saturated rings. The molecule has 92 valence electrons. The van der Waals surface area contributed by atoms with Crippen LogP contribution in [0.4, 0.5) is 8.78 Å². The summed E-state index contributed by atoms with van der Waals surface area (Å²) >= 11 is 1.43. The Bertz CT molecular complexity index is 587. The highest BCUT2D eigenvalue weighted by Crippen LogP contribution is 2.18. The zero-order chi connectivity index (χ0) is 13.0. The number of rotatable bonds is 4. The van der Waals surface area contributed by atoms with E-state index in [0.29, 0.717) is 24.8 Å². The Labute approximate surface area is 108 Å². The first-order valence-corrected chi connectivity index (χ1v) is 6.31. The number of hydrogen-bond donors (Lipinski definition) is 0. The van der Waals surface area contributed by atoms with Gasteiger partial charge in [0.1, 0.15) is 11.6 Å². The Morgan fingerprint density at radius 1 is 1.33 bits per heavy atom. The third kappa shape index (κ3) is 3.11. The molecule has 0 unspecified atom stereocenters. The molecule has 0 aliphatic heterocycles. The van der Waals surface area contributed by atoms with Gasteiger partial charge in [-0.05, 0) is 11.6 Å². The fourth-order valence-corrected chi connectivity index (χ4v) is 2.41. The summed E-state index contributed by atoms with van der Waals surface area (Å²) in [6.45, 7) is 0. The molecule has 0 atom stereocenters. The number of aromatic nitrogens is 1. The van der Waals surface area contributed by atoms with Crippen LogP contribution in [-0.2, 0) is 12.8 Å². The molecule has 0 radical (unpaired) electrons. The van der Waals surface area contributed by atoms with Gasteiger partial charge >= 0.3 is 0 Å². The minimum absolute atomic E-state index is 0.351. The molecule has 18 heavy (non-hydrogen) atoms. The molecule has 0 saturated carbocycles. The van der Waals surface area contributed by atoms with Crippen LogP contribution in [-0.4, -0.2) is 4.98 Å². The van der Waals surface area contributed by atoms with Crippen molar-refractivity contribution in [3.05, 3.63) is 51.5 Å². The quantitative estimate of drug-likeness (QED) is 0.847. The van der Waals surface area contributed by atoms with Gasteiger partial charge in [-0.2, -0.15) is 5.26 Å². The van der Waals surface area contributed by atoms with E-state index in [0.717, 1.165) is 16.8 Å². The number of nitriles is 1. The molecule has 1 aromatic carbocycles. The van der Waals surface area contributed by atoms with Crippen molar-refractivity contribution >= 4 is 11.3 Å². The molecule has 2 rings (SSSR count). The summed E-state index contributed by atoms with van der Waals surface area (Å²) in [6, 6.07) is 5.60. The molecule has 5 heteroatoms. The second-order valence-corrected chi connectivity index (χ2v) is 4.75. The predicted octanol–water partition coefficient (Wildman–Crippen LogP) is 3.47. The Balaban J connectivity index is 2.09. The minimum atomic E-state index is -0.579. The smallest absolute Gasteiger partial charge is 0.129 e. The number of halogens is 2. The summed E-state index contributed by atoms with van der Waals surface area (Å²) in [5.41, 5.74) is 1.27. The Kier molecular flexibility index (Phi) is 4.00. The van der Waals surface area contributed by atoms with Gasteiger partial charge in [-0.15, -0.1) is 11.3 Å². The van der Waals surface area contributed by atoms with Gasteiger partial charge in [-0.1, -0.05) is 6.07 Å². The van der Waals surface area contributed by atoms with Crippen molar-refractivity contribution in [2.24, 2.45) is 0 Å². The molecule has 0 saturated heterocycles. The zero-order valence-corrected chi connectivity index (χ0v) is 10.3. The average molecular weight is 264 g/mol. The Hall–Kier alpha value is -1.80. The number of benzene rings is 1. The Morgan fingerprint density at radius 2 is 2.17 bits per heavy atom. The topological polar surface area (TPSA) is 36.7 Å². The van der Waals surface area contributed by atoms with Gasteiger partial charge in [0, 0.05) is 30.7 Å². The minimum Gasteiger partial charge on any atom is -0.246 e. The van der Waals surface area contributed by atoms with Gasteiger partial charge in [-0.25, -0.2) is 13.8 Å². The van der Waals surface area contributed by atoms with Crippen LogP contribution in [0.1, 0.15) is 22.7 Å². The van der Waals surface area contributed by atoms with E-state index >= 15 is 0 Å². The zero-order valence-electron chi connectivity index (χ0n) is 9.49. The summed E-state index contributed by atoms with van der Waals surface area (Å²) < 4.78 is 26.2. The third-order valence-electron chi connectivity index (χ3n) is 2.45. The summed E-state index contributed by atoms with van der Waals surface area (Å²) in [5.74, 6) is -1.13. The lowest BCUT2D eigenvalue weighted by Gasteiger charge is -2.00. The summed E-state index contributed by atoms with van der Waals surface area (Å²) in [6.07, 6.45) is 1.39. The van der Waals surface area contributed by atoms with E-state index in [-0.39, 0.29) is 0 Å². The monoisotopic (exact) mass is 264 g/mol. The van der Waals surface area contributed by atoms with Crippen molar-refractivity contribution in [2.45, 2.75) is 19.3 Å². The molecule has 2 aromatic rings. The van der Waals surface area contributed by atoms with Crippen LogP contribution >= 0.6 is 11.3 Å². The van der Waals surface area contributed by atoms with E-state index in [2.05, 4.69) is 11.1 Å². The maximum Gasteiger partial charge on any atom is 0.129 e. The van der Waals surface area contributed by atoms with Crippen molar-refractivity contribution in [2.75, 3.05) is 0 Å². The molecular formula is C13H10F2N2S. The summed E-state index contributed by atoms with van der Waals surface area (Å²) in [5, 5.41) is 11.1. The first-order chi connectivity index (χ1) is 8.69. The summed E-state index contributed by atoms with van der Waals surface area (Å²) in [7, 11) is 0. The molecule has 0 N–H and O–H groups in total. The van der Waals surface area contributed by atoms with E-state index < -0.39 is 11.6 Å². The number of thiazole rings is 1. The highest BCUT2D eigenvalue weighted by atomic mass is 32.1. The predicted molar refractivity (Wildman–Crippen MR) is 65.2 cm³/mol. The van der Waals surface area contributed by atoms with E-state index in [1.165, 1.54) is 23.5 Å². The summed E-state index contributed by atoms with van der Waals surface area (Å²) in [4.78, 5) is 4.31. The van der Waals surface area contributed by atoms with Crippen molar-refractivity contribution < 1.29 is 8.78 Å². The lowest BCUT2D eigenvalue weighted by molar-refractivity contribution is 0.574. The number of hydrogen-bond acceptors (Lipinski definition) is 3. The first kappa shape index (κ1) is 12.7. The van der Waals surface area contributed by atoms with Crippen molar-refractivity contribution in [3.8, 4) is 6.07 Å². The molecule has 1 heterocycles. The van der Waals surface area contributed by atoms with Crippen LogP contribution in [0.25, 0.3) is 0 Å². The standard InChI is InChI=1S/C13H10F2N2S/c14-10-4-3-9(12(15)7-10)6-13-17-11(8-18-13)2-1-5-16/h3-4,7-8H,1-2,6H2. The van der Waals surface area contributed by atoms with E-state index in [4.69, 9.17) is 5.26 Å². The number of aryl methyl sites for hydroxylation is 1. The average Bonchev–Trinajstić information content (AvgIpc) is 2.78. The molecule has 0 amide bonds. The third-order valence-corrected chi connectivity index (χ3v) is 3.35. The molecule has 0 aliphatic carbocycles. The lowest BCUT2D eigenvalue weighted by Crippen LogP contribution is -1.94. The van der Waals surface area contributed by atoms with E-state index in [9.17, 15) is 8.78 Å². The molecular weight excluding hydrogens is 254 g/mol. The van der Waals surface area contributed by atoms with Crippen molar-refractivity contribution in [3.63, 3.8) is 0 Å². The Morgan fingerprint density at radius 3 is 2.89 bits per heavy atom. The van der Waals surface area contributed by atoms with Gasteiger partial charge in [0.25, 0.3) is 0 Å². The normalized spacial score (nSPS) is 10.3. The van der Waals surface area contributed by atoms with Crippen molar-refractivity contribution in [1.82, 2.24) is 4.98 Å². The van der Waals surface area contributed by atoms with Gasteiger partial charge in [-0.3, -0.25) is 0 Å². The molecule has 0 bridgehead atoms. The second-order valence-electron chi connectivity index (χ2n) is 3.80. The maximum absolute atomic E-state index is 13.4. The maximum atomic E-state index is 13.4. The fourth-order valence-electron chi connectivity index (χ4n) is 1.56. The van der Waals surface area contributed by atoms with Gasteiger partial charge < -0.3 is 0 Å². The molecule has 0 aliphatic rings. The fraction of sp³-hybridized carbons (Fsp3) is 0.231. The van der Waals surface area contributed by atoms with Gasteiger partial charge in [0.05, 0.1) is 16.8 Å². The SMILES string of the molecule is N#CCCc1csc(Cc2ccc(F)cc2F)n1. The second kappa shape index (κ2) is 5.69. The van der Waals surface area contributed by atoms with Crippen LogP contribution in [0.2, 0.25) is 0 Å².